The monoisotopic (exact) mass is 284 g/mol. The quantitative estimate of drug-likeness (QED) is 0.897. The van der Waals surface area contributed by atoms with Crippen LogP contribution in [0.1, 0.15) is 24.8 Å². The molecule has 0 aromatic carbocycles. The van der Waals surface area contributed by atoms with Gasteiger partial charge in [-0.15, -0.1) is 0 Å². The van der Waals surface area contributed by atoms with E-state index in [0.717, 1.165) is 41.7 Å². The summed E-state index contributed by atoms with van der Waals surface area (Å²) in [7, 11) is 0. The predicted octanol–water partition coefficient (Wildman–Crippen LogP) is 2.73. The smallest absolute Gasteiger partial charge is 0.140 e. The molecule has 1 saturated carbocycles. The highest BCUT2D eigenvalue weighted by atomic mass is 79.9. The maximum absolute atomic E-state index is 9.71. The van der Waals surface area contributed by atoms with Crippen LogP contribution in [-0.2, 0) is 0 Å². The fourth-order valence-electron chi connectivity index (χ4n) is 2.15. The van der Waals surface area contributed by atoms with Crippen molar-refractivity contribution in [3.63, 3.8) is 0 Å². The molecule has 1 fully saturated rings. The molecule has 2 unspecified atom stereocenters. The van der Waals surface area contributed by atoms with E-state index in [1.54, 1.807) is 0 Å². The van der Waals surface area contributed by atoms with Gasteiger partial charge >= 0.3 is 0 Å². The van der Waals surface area contributed by atoms with E-state index in [4.69, 9.17) is 0 Å². The normalized spacial score (nSPS) is 24.7. The molecule has 1 heterocycles. The molecule has 0 radical (unpaired) electrons. The molecule has 0 saturated heterocycles. The number of nitrogens with zero attached hydrogens (tertiary/aromatic N) is 1. The van der Waals surface area contributed by atoms with Crippen LogP contribution in [0.15, 0.2) is 16.7 Å². The van der Waals surface area contributed by atoms with Crippen molar-refractivity contribution in [1.29, 1.82) is 0 Å². The van der Waals surface area contributed by atoms with E-state index < -0.39 is 0 Å². The van der Waals surface area contributed by atoms with Crippen LogP contribution in [0.4, 0.5) is 5.82 Å². The number of anilines is 1. The van der Waals surface area contributed by atoms with Gasteiger partial charge < -0.3 is 10.4 Å². The van der Waals surface area contributed by atoms with E-state index in [-0.39, 0.29) is 6.10 Å². The summed E-state index contributed by atoms with van der Waals surface area (Å²) < 4.78 is 0.986. The minimum atomic E-state index is -0.142. The highest BCUT2D eigenvalue weighted by Gasteiger charge is 2.24. The van der Waals surface area contributed by atoms with Crippen molar-refractivity contribution in [3.05, 3.63) is 22.3 Å². The number of aliphatic hydroxyl groups is 1. The standard InChI is InChI=1S/C12H17BrN2O/c1-8-5-10(13)12(14-6-8)15-7-9-3-2-4-11(9)16/h5-6,9,11,16H,2-4,7H2,1H3,(H,14,15). The molecule has 2 atom stereocenters. The Hall–Kier alpha value is -0.610. The van der Waals surface area contributed by atoms with Gasteiger partial charge in [-0.05, 0) is 47.3 Å². The summed E-state index contributed by atoms with van der Waals surface area (Å²) >= 11 is 3.48. The molecule has 1 aliphatic rings. The summed E-state index contributed by atoms with van der Waals surface area (Å²) in [4.78, 5) is 4.32. The fourth-order valence-corrected chi connectivity index (χ4v) is 2.75. The number of pyridine rings is 1. The van der Waals surface area contributed by atoms with E-state index in [1.165, 1.54) is 0 Å². The lowest BCUT2D eigenvalue weighted by Gasteiger charge is -2.16. The van der Waals surface area contributed by atoms with Gasteiger partial charge in [0, 0.05) is 18.7 Å². The van der Waals surface area contributed by atoms with E-state index in [9.17, 15) is 5.11 Å². The van der Waals surface area contributed by atoms with Crippen molar-refractivity contribution in [2.24, 2.45) is 5.92 Å². The Morgan fingerprint density at radius 1 is 1.56 bits per heavy atom. The van der Waals surface area contributed by atoms with Gasteiger partial charge in [-0.25, -0.2) is 4.98 Å². The molecule has 1 aliphatic carbocycles. The van der Waals surface area contributed by atoms with Gasteiger partial charge in [-0.1, -0.05) is 6.42 Å². The van der Waals surface area contributed by atoms with Gasteiger partial charge in [0.25, 0.3) is 0 Å². The number of aliphatic hydroxyl groups excluding tert-OH is 1. The average Bonchev–Trinajstić information content (AvgIpc) is 2.63. The molecule has 1 aromatic heterocycles. The van der Waals surface area contributed by atoms with E-state index in [0.29, 0.717) is 5.92 Å². The van der Waals surface area contributed by atoms with Crippen LogP contribution in [0.25, 0.3) is 0 Å². The lowest BCUT2D eigenvalue weighted by atomic mass is 10.1. The molecule has 16 heavy (non-hydrogen) atoms. The highest BCUT2D eigenvalue weighted by molar-refractivity contribution is 9.10. The molecule has 88 valence electrons. The molecule has 0 bridgehead atoms. The van der Waals surface area contributed by atoms with Crippen LogP contribution in [-0.4, -0.2) is 22.7 Å². The van der Waals surface area contributed by atoms with Crippen molar-refractivity contribution in [2.75, 3.05) is 11.9 Å². The third kappa shape index (κ3) is 2.74. The summed E-state index contributed by atoms with van der Waals surface area (Å²) in [5.74, 6) is 1.24. The Kier molecular flexibility index (Phi) is 3.82. The minimum Gasteiger partial charge on any atom is -0.393 e. The van der Waals surface area contributed by atoms with Crippen LogP contribution >= 0.6 is 15.9 Å². The average molecular weight is 285 g/mol. The van der Waals surface area contributed by atoms with Crippen molar-refractivity contribution < 1.29 is 5.11 Å². The number of aromatic nitrogens is 1. The van der Waals surface area contributed by atoms with Crippen molar-refractivity contribution >= 4 is 21.7 Å². The second-order valence-corrected chi connectivity index (χ2v) is 5.34. The number of hydrogen-bond donors (Lipinski definition) is 2. The Morgan fingerprint density at radius 2 is 2.38 bits per heavy atom. The zero-order valence-electron chi connectivity index (χ0n) is 9.41. The summed E-state index contributed by atoms with van der Waals surface area (Å²) in [6.07, 6.45) is 4.89. The predicted molar refractivity (Wildman–Crippen MR) is 68.5 cm³/mol. The molecule has 0 aliphatic heterocycles. The summed E-state index contributed by atoms with van der Waals surface area (Å²) in [6.45, 7) is 2.82. The molecule has 0 spiro atoms. The molecule has 3 nitrogen and oxygen atoms in total. The second kappa shape index (κ2) is 5.15. The molecule has 1 aromatic rings. The minimum absolute atomic E-state index is 0.142. The Balaban J connectivity index is 1.94. The number of nitrogens with one attached hydrogen (secondary N) is 1. The maximum atomic E-state index is 9.71. The highest BCUT2D eigenvalue weighted by Crippen LogP contribution is 2.27. The topological polar surface area (TPSA) is 45.2 Å². The Morgan fingerprint density at radius 3 is 3.00 bits per heavy atom. The molecular formula is C12H17BrN2O. The van der Waals surface area contributed by atoms with Crippen LogP contribution in [0, 0.1) is 12.8 Å². The Bertz CT molecular complexity index is 370. The van der Waals surface area contributed by atoms with E-state index >= 15 is 0 Å². The zero-order chi connectivity index (χ0) is 11.5. The maximum Gasteiger partial charge on any atom is 0.140 e. The fraction of sp³-hybridized carbons (Fsp3) is 0.583. The summed E-state index contributed by atoms with van der Waals surface area (Å²) in [6, 6.07) is 2.04. The number of rotatable bonds is 3. The zero-order valence-corrected chi connectivity index (χ0v) is 11.0. The van der Waals surface area contributed by atoms with Crippen LogP contribution < -0.4 is 5.32 Å². The molecule has 2 N–H and O–H groups in total. The summed E-state index contributed by atoms with van der Waals surface area (Å²) in [5.41, 5.74) is 1.14. The first-order chi connectivity index (χ1) is 7.66. The van der Waals surface area contributed by atoms with Gasteiger partial charge in [0.2, 0.25) is 0 Å². The molecule has 0 amide bonds. The van der Waals surface area contributed by atoms with Gasteiger partial charge in [-0.3, -0.25) is 0 Å². The van der Waals surface area contributed by atoms with Crippen molar-refractivity contribution in [1.82, 2.24) is 4.98 Å². The van der Waals surface area contributed by atoms with Crippen LogP contribution in [0.2, 0.25) is 0 Å². The number of halogens is 1. The second-order valence-electron chi connectivity index (χ2n) is 4.48. The largest absolute Gasteiger partial charge is 0.393 e. The summed E-state index contributed by atoms with van der Waals surface area (Å²) in [5, 5.41) is 13.0. The molecular weight excluding hydrogens is 268 g/mol. The van der Waals surface area contributed by atoms with Gasteiger partial charge in [0.1, 0.15) is 5.82 Å². The van der Waals surface area contributed by atoms with Crippen molar-refractivity contribution in [2.45, 2.75) is 32.3 Å². The van der Waals surface area contributed by atoms with Gasteiger partial charge in [0.15, 0.2) is 0 Å². The first kappa shape index (κ1) is 11.9. The third-order valence-corrected chi connectivity index (χ3v) is 3.73. The first-order valence-corrected chi connectivity index (χ1v) is 6.50. The number of aryl methyl sites for hydroxylation is 1. The molecule has 2 rings (SSSR count). The number of hydrogen-bond acceptors (Lipinski definition) is 3. The first-order valence-electron chi connectivity index (χ1n) is 5.71. The Labute approximate surface area is 104 Å². The molecule has 4 heteroatoms. The van der Waals surface area contributed by atoms with E-state index in [2.05, 4.69) is 26.2 Å². The SMILES string of the molecule is Cc1cnc(NCC2CCCC2O)c(Br)c1. The third-order valence-electron chi connectivity index (χ3n) is 3.13. The lowest BCUT2D eigenvalue weighted by molar-refractivity contribution is 0.138. The van der Waals surface area contributed by atoms with E-state index in [1.807, 2.05) is 19.2 Å². The lowest BCUT2D eigenvalue weighted by Crippen LogP contribution is -2.22. The van der Waals surface area contributed by atoms with Crippen molar-refractivity contribution in [3.8, 4) is 0 Å². The van der Waals surface area contributed by atoms with Crippen LogP contribution in [0.3, 0.4) is 0 Å². The van der Waals surface area contributed by atoms with Gasteiger partial charge in [0.05, 0.1) is 10.6 Å². The van der Waals surface area contributed by atoms with Crippen LogP contribution in [0.5, 0.6) is 0 Å². The van der Waals surface area contributed by atoms with Gasteiger partial charge in [-0.2, -0.15) is 0 Å².